The van der Waals surface area contributed by atoms with Crippen molar-refractivity contribution in [2.24, 2.45) is 0 Å². The summed E-state index contributed by atoms with van der Waals surface area (Å²) in [5.74, 6) is 0.464. The minimum absolute atomic E-state index is 0.0595. The van der Waals surface area contributed by atoms with Crippen molar-refractivity contribution in [1.29, 1.82) is 0 Å². The van der Waals surface area contributed by atoms with Gasteiger partial charge >= 0.3 is 0 Å². The Morgan fingerprint density at radius 2 is 2.29 bits per heavy atom. The molecule has 1 N–H and O–H groups in total. The van der Waals surface area contributed by atoms with Gasteiger partial charge in [-0.25, -0.2) is 4.98 Å². The lowest BCUT2D eigenvalue weighted by molar-refractivity contribution is -0.384. The van der Waals surface area contributed by atoms with Crippen LogP contribution in [0.5, 0.6) is 0 Å². The second kappa shape index (κ2) is 6.96. The Balaban J connectivity index is 2.08. The van der Waals surface area contributed by atoms with Crippen molar-refractivity contribution in [3.05, 3.63) is 45.8 Å². The molecule has 0 aliphatic heterocycles. The largest absolute Gasteiger partial charge is 0.444 e. The maximum atomic E-state index is 10.7. The zero-order valence-corrected chi connectivity index (χ0v) is 12.0. The Morgan fingerprint density at radius 1 is 1.48 bits per heavy atom. The van der Waals surface area contributed by atoms with Crippen molar-refractivity contribution in [3.63, 3.8) is 0 Å². The lowest BCUT2D eigenvalue weighted by Gasteiger charge is -2.01. The highest BCUT2D eigenvalue weighted by atomic mass is 16.6. The van der Waals surface area contributed by atoms with Gasteiger partial charge in [0.2, 0.25) is 5.89 Å². The van der Waals surface area contributed by atoms with Crippen molar-refractivity contribution in [1.82, 2.24) is 10.3 Å². The Hall–Kier alpha value is -2.25. The smallest absolute Gasteiger partial charge is 0.269 e. The minimum atomic E-state index is -0.419. The number of oxazole rings is 1. The van der Waals surface area contributed by atoms with E-state index in [0.717, 1.165) is 23.4 Å². The van der Waals surface area contributed by atoms with E-state index in [0.29, 0.717) is 19.0 Å². The molecule has 0 radical (unpaired) electrons. The monoisotopic (exact) mass is 291 g/mol. The van der Waals surface area contributed by atoms with Gasteiger partial charge < -0.3 is 14.5 Å². The third-order valence-electron chi connectivity index (χ3n) is 2.99. The molecule has 1 heterocycles. The Kier molecular flexibility index (Phi) is 5.02. The van der Waals surface area contributed by atoms with E-state index in [1.807, 2.05) is 0 Å². The molecule has 0 fully saturated rings. The number of nitrogens with one attached hydrogen (secondary N) is 1. The average Bonchev–Trinajstić information content (AvgIpc) is 2.92. The molecule has 2 rings (SSSR count). The molecule has 0 atom stereocenters. The van der Waals surface area contributed by atoms with Crippen LogP contribution >= 0.6 is 0 Å². The predicted octanol–water partition coefficient (Wildman–Crippen LogP) is 2.29. The van der Waals surface area contributed by atoms with Gasteiger partial charge in [0.15, 0.2) is 0 Å². The van der Waals surface area contributed by atoms with Gasteiger partial charge in [-0.15, -0.1) is 0 Å². The summed E-state index contributed by atoms with van der Waals surface area (Å²) in [4.78, 5) is 14.7. The molecule has 2 aromatic rings. The van der Waals surface area contributed by atoms with Crippen LogP contribution in [0.25, 0.3) is 11.5 Å². The normalized spacial score (nSPS) is 10.8. The second-order valence-electron chi connectivity index (χ2n) is 4.57. The highest BCUT2D eigenvalue weighted by molar-refractivity contribution is 5.61. The topological polar surface area (TPSA) is 90.4 Å². The first-order valence-electron chi connectivity index (χ1n) is 6.51. The van der Waals surface area contributed by atoms with E-state index in [-0.39, 0.29) is 5.69 Å². The molecule has 7 heteroatoms. The summed E-state index contributed by atoms with van der Waals surface area (Å²) in [6.45, 7) is 3.74. The molecule has 0 bridgehead atoms. The summed E-state index contributed by atoms with van der Waals surface area (Å²) >= 11 is 0. The number of aromatic nitrogens is 1. The zero-order chi connectivity index (χ0) is 15.2. The Labute approximate surface area is 122 Å². The van der Waals surface area contributed by atoms with Crippen LogP contribution in [0.1, 0.15) is 11.3 Å². The molecule has 0 saturated carbocycles. The minimum Gasteiger partial charge on any atom is -0.444 e. The first-order valence-corrected chi connectivity index (χ1v) is 6.51. The number of methoxy groups -OCH3 is 1. The van der Waals surface area contributed by atoms with Gasteiger partial charge in [0.1, 0.15) is 6.26 Å². The van der Waals surface area contributed by atoms with Crippen LogP contribution in [0.3, 0.4) is 0 Å². The number of rotatable bonds is 7. The lowest BCUT2D eigenvalue weighted by Crippen LogP contribution is -2.18. The third-order valence-corrected chi connectivity index (χ3v) is 2.99. The summed E-state index contributed by atoms with van der Waals surface area (Å²) < 4.78 is 10.4. The van der Waals surface area contributed by atoms with E-state index in [9.17, 15) is 10.1 Å². The number of non-ortho nitro benzene ring substituents is 1. The lowest BCUT2D eigenvalue weighted by atomic mass is 10.1. The summed E-state index contributed by atoms with van der Waals surface area (Å²) in [7, 11) is 1.65. The quantitative estimate of drug-likeness (QED) is 0.478. The van der Waals surface area contributed by atoms with Gasteiger partial charge in [0.05, 0.1) is 17.2 Å². The molecule has 0 aliphatic rings. The molecule has 0 amide bonds. The van der Waals surface area contributed by atoms with E-state index in [2.05, 4.69) is 10.3 Å². The number of ether oxygens (including phenoxy) is 1. The number of aryl methyl sites for hydroxylation is 1. The van der Waals surface area contributed by atoms with Gasteiger partial charge in [-0.3, -0.25) is 10.1 Å². The maximum Gasteiger partial charge on any atom is 0.269 e. The van der Waals surface area contributed by atoms with E-state index in [1.165, 1.54) is 12.1 Å². The summed E-state index contributed by atoms with van der Waals surface area (Å²) in [6.07, 6.45) is 1.58. The van der Waals surface area contributed by atoms with Crippen LogP contribution in [0.2, 0.25) is 0 Å². The Morgan fingerprint density at radius 3 is 2.95 bits per heavy atom. The predicted molar refractivity (Wildman–Crippen MR) is 76.9 cm³/mol. The van der Waals surface area contributed by atoms with E-state index in [1.54, 1.807) is 26.4 Å². The van der Waals surface area contributed by atoms with Crippen LogP contribution in [0, 0.1) is 17.0 Å². The van der Waals surface area contributed by atoms with Crippen molar-refractivity contribution < 1.29 is 14.1 Å². The Bertz CT molecular complexity index is 624. The number of nitro groups is 1. The highest BCUT2D eigenvalue weighted by Crippen LogP contribution is 2.26. The molecule has 0 saturated heterocycles. The number of nitrogens with zero attached hydrogens (tertiary/aromatic N) is 2. The van der Waals surface area contributed by atoms with E-state index in [4.69, 9.17) is 9.15 Å². The molecule has 1 aromatic heterocycles. The van der Waals surface area contributed by atoms with Crippen molar-refractivity contribution in [3.8, 4) is 11.5 Å². The van der Waals surface area contributed by atoms with Gasteiger partial charge in [0.25, 0.3) is 5.69 Å². The highest BCUT2D eigenvalue weighted by Gasteiger charge is 2.13. The maximum absolute atomic E-state index is 10.7. The summed E-state index contributed by atoms with van der Waals surface area (Å²) in [5.41, 5.74) is 2.34. The van der Waals surface area contributed by atoms with Gasteiger partial charge in [-0.2, -0.15) is 0 Å². The molecule has 7 nitrogen and oxygen atoms in total. The number of hydrogen-bond acceptors (Lipinski definition) is 6. The van der Waals surface area contributed by atoms with Crippen LogP contribution < -0.4 is 5.32 Å². The molecule has 21 heavy (non-hydrogen) atoms. The fourth-order valence-electron chi connectivity index (χ4n) is 1.90. The van der Waals surface area contributed by atoms with Crippen LogP contribution in [-0.2, 0) is 11.3 Å². The zero-order valence-electron chi connectivity index (χ0n) is 12.0. The van der Waals surface area contributed by atoms with Crippen molar-refractivity contribution in [2.45, 2.75) is 13.5 Å². The molecular formula is C14H17N3O4. The molecule has 0 unspecified atom stereocenters. The standard InChI is InChI=1S/C14H17N3O4/c1-10-7-12(17(18)19)3-4-13(10)14-16-11(9-21-14)8-15-5-6-20-2/h3-4,7,9,15H,5-6,8H2,1-2H3. The summed E-state index contributed by atoms with van der Waals surface area (Å²) in [6, 6.07) is 4.61. The van der Waals surface area contributed by atoms with Crippen LogP contribution in [0.4, 0.5) is 5.69 Å². The second-order valence-corrected chi connectivity index (χ2v) is 4.57. The van der Waals surface area contributed by atoms with Crippen LogP contribution in [-0.4, -0.2) is 30.2 Å². The average molecular weight is 291 g/mol. The fourth-order valence-corrected chi connectivity index (χ4v) is 1.90. The summed E-state index contributed by atoms with van der Waals surface area (Å²) in [5, 5.41) is 13.9. The van der Waals surface area contributed by atoms with Crippen molar-refractivity contribution in [2.75, 3.05) is 20.3 Å². The SMILES string of the molecule is COCCNCc1coc(-c2ccc([N+](=O)[O-])cc2C)n1. The first-order chi connectivity index (χ1) is 10.1. The van der Waals surface area contributed by atoms with Crippen LogP contribution in [0.15, 0.2) is 28.9 Å². The fraction of sp³-hybridized carbons (Fsp3) is 0.357. The number of hydrogen-bond donors (Lipinski definition) is 1. The number of benzene rings is 1. The van der Waals surface area contributed by atoms with Crippen molar-refractivity contribution >= 4 is 5.69 Å². The molecular weight excluding hydrogens is 274 g/mol. The molecule has 0 aliphatic carbocycles. The molecule has 1 aromatic carbocycles. The van der Waals surface area contributed by atoms with Gasteiger partial charge in [-0.05, 0) is 18.6 Å². The van der Waals surface area contributed by atoms with E-state index >= 15 is 0 Å². The number of nitro benzene ring substituents is 1. The van der Waals surface area contributed by atoms with E-state index < -0.39 is 4.92 Å². The first kappa shape index (κ1) is 15.1. The molecule has 112 valence electrons. The molecule has 0 spiro atoms. The van der Waals surface area contributed by atoms with Gasteiger partial charge in [-0.1, -0.05) is 0 Å². The van der Waals surface area contributed by atoms with Gasteiger partial charge in [0, 0.05) is 37.9 Å². The third kappa shape index (κ3) is 3.87.